The van der Waals surface area contributed by atoms with Crippen LogP contribution in [-0.2, 0) is 9.59 Å². The number of ether oxygens (including phenoxy) is 1. The fourth-order valence-corrected chi connectivity index (χ4v) is 3.27. The zero-order chi connectivity index (χ0) is 22.9. The molecule has 0 fully saturated rings. The number of nitrogens with zero attached hydrogens (tertiary/aromatic N) is 1. The lowest BCUT2D eigenvalue weighted by molar-refractivity contribution is -0.124. The molecule has 3 rings (SSSR count). The van der Waals surface area contributed by atoms with Crippen LogP contribution in [0, 0.1) is 6.92 Å². The van der Waals surface area contributed by atoms with Gasteiger partial charge < -0.3 is 10.1 Å². The maximum atomic E-state index is 12.2. The van der Waals surface area contributed by atoms with Gasteiger partial charge in [-0.25, -0.2) is 5.43 Å². The summed E-state index contributed by atoms with van der Waals surface area (Å²) in [6, 6.07) is 17.1. The average molecular weight is 452 g/mol. The number of anilines is 1. The number of hydrogen-bond acceptors (Lipinski definition) is 4. The van der Waals surface area contributed by atoms with Crippen LogP contribution >= 0.6 is 11.6 Å². The van der Waals surface area contributed by atoms with Crippen LogP contribution in [0.25, 0.3) is 10.8 Å². The van der Waals surface area contributed by atoms with E-state index in [2.05, 4.69) is 15.8 Å². The van der Waals surface area contributed by atoms with Crippen molar-refractivity contribution in [3.63, 3.8) is 0 Å². The second kappa shape index (κ2) is 11.3. The van der Waals surface area contributed by atoms with Crippen molar-refractivity contribution in [3.05, 3.63) is 70.7 Å². The molecule has 2 N–H and O–H groups in total. The third-order valence-electron chi connectivity index (χ3n) is 4.81. The van der Waals surface area contributed by atoms with E-state index in [0.29, 0.717) is 23.1 Å². The molecule has 7 heteroatoms. The molecule has 6 nitrogen and oxygen atoms in total. The fourth-order valence-electron chi connectivity index (χ4n) is 3.09. The predicted octanol–water partition coefficient (Wildman–Crippen LogP) is 5.46. The Morgan fingerprint density at radius 3 is 2.62 bits per heavy atom. The standard InChI is InChI=1S/C25H26ClN3O3/c1-3-14-32-23-11-9-18-6-4-5-7-20(18)21(23)16-27-29-25(31)13-12-24(30)28-19-10-8-17(2)22(26)15-19/h4-11,15-16H,3,12-14H2,1-2H3,(H,28,30)(H,29,31). The Balaban J connectivity index is 1.58. The van der Waals surface area contributed by atoms with Gasteiger partial charge in [0.25, 0.3) is 0 Å². The number of fused-ring (bicyclic) bond motifs is 1. The first-order chi connectivity index (χ1) is 15.5. The summed E-state index contributed by atoms with van der Waals surface area (Å²) >= 11 is 6.07. The Morgan fingerprint density at radius 1 is 1.06 bits per heavy atom. The number of carbonyl (C=O) groups excluding carboxylic acids is 2. The van der Waals surface area contributed by atoms with Crippen molar-refractivity contribution < 1.29 is 14.3 Å². The number of hydrazone groups is 1. The second-order valence-corrected chi connectivity index (χ2v) is 7.76. The summed E-state index contributed by atoms with van der Waals surface area (Å²) in [5.41, 5.74) is 4.81. The van der Waals surface area contributed by atoms with E-state index in [4.69, 9.17) is 16.3 Å². The second-order valence-electron chi connectivity index (χ2n) is 7.35. The molecule has 32 heavy (non-hydrogen) atoms. The van der Waals surface area contributed by atoms with Crippen LogP contribution in [-0.4, -0.2) is 24.6 Å². The minimum absolute atomic E-state index is 0.0114. The van der Waals surface area contributed by atoms with Crippen molar-refractivity contribution in [3.8, 4) is 5.75 Å². The molecule has 3 aromatic carbocycles. The quantitative estimate of drug-likeness (QED) is 0.335. The number of nitrogens with one attached hydrogen (secondary N) is 2. The summed E-state index contributed by atoms with van der Waals surface area (Å²) in [4.78, 5) is 24.3. The Labute approximate surface area is 192 Å². The first kappa shape index (κ1) is 23.3. The van der Waals surface area contributed by atoms with Gasteiger partial charge in [-0.3, -0.25) is 9.59 Å². The molecule has 0 aliphatic carbocycles. The van der Waals surface area contributed by atoms with Gasteiger partial charge in [0.2, 0.25) is 11.8 Å². The van der Waals surface area contributed by atoms with E-state index in [1.54, 1.807) is 18.3 Å². The molecule has 0 heterocycles. The average Bonchev–Trinajstić information content (AvgIpc) is 2.79. The van der Waals surface area contributed by atoms with Gasteiger partial charge in [0, 0.05) is 29.1 Å². The van der Waals surface area contributed by atoms with E-state index in [9.17, 15) is 9.59 Å². The van der Waals surface area contributed by atoms with Gasteiger partial charge in [0.15, 0.2) is 0 Å². The molecule has 166 valence electrons. The summed E-state index contributed by atoms with van der Waals surface area (Å²) in [6.45, 7) is 4.52. The number of carbonyl (C=O) groups is 2. The van der Waals surface area contributed by atoms with E-state index < -0.39 is 0 Å². The van der Waals surface area contributed by atoms with Gasteiger partial charge in [-0.15, -0.1) is 0 Å². The van der Waals surface area contributed by atoms with Crippen molar-refractivity contribution in [2.24, 2.45) is 5.10 Å². The topological polar surface area (TPSA) is 79.8 Å². The third-order valence-corrected chi connectivity index (χ3v) is 5.22. The van der Waals surface area contributed by atoms with Gasteiger partial charge in [0.05, 0.1) is 12.8 Å². The van der Waals surface area contributed by atoms with Crippen LogP contribution in [0.3, 0.4) is 0 Å². The number of amides is 2. The van der Waals surface area contributed by atoms with Gasteiger partial charge in [0.1, 0.15) is 5.75 Å². The molecule has 3 aromatic rings. The maximum Gasteiger partial charge on any atom is 0.240 e. The van der Waals surface area contributed by atoms with Gasteiger partial charge in [-0.05, 0) is 47.9 Å². The Morgan fingerprint density at radius 2 is 1.84 bits per heavy atom. The van der Waals surface area contributed by atoms with Gasteiger partial charge >= 0.3 is 0 Å². The fraction of sp³-hybridized carbons (Fsp3) is 0.240. The molecule has 0 spiro atoms. The van der Waals surface area contributed by atoms with E-state index in [1.165, 1.54) is 0 Å². The van der Waals surface area contributed by atoms with Crippen molar-refractivity contribution in [2.75, 3.05) is 11.9 Å². The third kappa shape index (κ3) is 6.31. The molecular weight excluding hydrogens is 426 g/mol. The first-order valence-corrected chi connectivity index (χ1v) is 10.9. The smallest absolute Gasteiger partial charge is 0.240 e. The van der Waals surface area contributed by atoms with Gasteiger partial charge in [-0.2, -0.15) is 5.10 Å². The number of benzene rings is 3. The molecule has 0 aliphatic heterocycles. The molecule has 0 saturated heterocycles. The highest BCUT2D eigenvalue weighted by atomic mass is 35.5. The van der Waals surface area contributed by atoms with Crippen LogP contribution in [0.4, 0.5) is 5.69 Å². The minimum atomic E-state index is -0.352. The van der Waals surface area contributed by atoms with Crippen LogP contribution in [0.5, 0.6) is 5.75 Å². The summed E-state index contributed by atoms with van der Waals surface area (Å²) in [7, 11) is 0. The van der Waals surface area contributed by atoms with Crippen LogP contribution in [0.2, 0.25) is 5.02 Å². The first-order valence-electron chi connectivity index (χ1n) is 10.5. The Kier molecular flexibility index (Phi) is 8.22. The molecule has 0 atom stereocenters. The maximum absolute atomic E-state index is 12.2. The minimum Gasteiger partial charge on any atom is -0.493 e. The van der Waals surface area contributed by atoms with E-state index in [1.807, 2.05) is 56.3 Å². The molecule has 0 unspecified atom stereocenters. The number of hydrogen-bond donors (Lipinski definition) is 2. The lowest BCUT2D eigenvalue weighted by Gasteiger charge is -2.11. The number of rotatable bonds is 9. The summed E-state index contributed by atoms with van der Waals surface area (Å²) in [6.07, 6.45) is 2.51. The Bertz CT molecular complexity index is 1140. The number of aryl methyl sites for hydroxylation is 1. The molecule has 0 bridgehead atoms. The van der Waals surface area contributed by atoms with E-state index in [0.717, 1.165) is 28.3 Å². The van der Waals surface area contributed by atoms with Crippen LogP contribution in [0.1, 0.15) is 37.3 Å². The summed E-state index contributed by atoms with van der Waals surface area (Å²) in [5.74, 6) is 0.0858. The van der Waals surface area contributed by atoms with Crippen LogP contribution in [0.15, 0.2) is 59.7 Å². The van der Waals surface area contributed by atoms with Crippen LogP contribution < -0.4 is 15.5 Å². The molecule has 0 radical (unpaired) electrons. The van der Waals surface area contributed by atoms with E-state index in [-0.39, 0.29) is 24.7 Å². The largest absolute Gasteiger partial charge is 0.493 e. The highest BCUT2D eigenvalue weighted by Crippen LogP contribution is 2.27. The van der Waals surface area contributed by atoms with Crippen molar-refractivity contribution in [1.29, 1.82) is 0 Å². The molecule has 0 aliphatic rings. The predicted molar refractivity (Wildman–Crippen MR) is 130 cm³/mol. The zero-order valence-corrected chi connectivity index (χ0v) is 18.9. The lowest BCUT2D eigenvalue weighted by atomic mass is 10.0. The normalized spacial score (nSPS) is 11.0. The molecule has 0 saturated carbocycles. The molecule has 0 aromatic heterocycles. The Hall–Kier alpha value is -3.38. The molecular formula is C25H26ClN3O3. The van der Waals surface area contributed by atoms with Crippen molar-refractivity contribution in [1.82, 2.24) is 5.43 Å². The number of halogens is 1. The molecule has 2 amide bonds. The van der Waals surface area contributed by atoms with Gasteiger partial charge in [-0.1, -0.05) is 54.9 Å². The lowest BCUT2D eigenvalue weighted by Crippen LogP contribution is -2.20. The highest BCUT2D eigenvalue weighted by Gasteiger charge is 2.09. The van der Waals surface area contributed by atoms with Crippen molar-refractivity contribution >= 4 is 46.1 Å². The SMILES string of the molecule is CCCOc1ccc2ccccc2c1C=NNC(=O)CCC(=O)Nc1ccc(C)c(Cl)c1. The summed E-state index contributed by atoms with van der Waals surface area (Å²) < 4.78 is 5.84. The van der Waals surface area contributed by atoms with Crippen molar-refractivity contribution in [2.45, 2.75) is 33.1 Å². The summed E-state index contributed by atoms with van der Waals surface area (Å²) in [5, 5.41) is 9.44. The monoisotopic (exact) mass is 451 g/mol. The zero-order valence-electron chi connectivity index (χ0n) is 18.2. The van der Waals surface area contributed by atoms with E-state index >= 15 is 0 Å². The highest BCUT2D eigenvalue weighted by molar-refractivity contribution is 6.31.